The van der Waals surface area contributed by atoms with Gasteiger partial charge in [-0.05, 0) is 138 Å². The van der Waals surface area contributed by atoms with Gasteiger partial charge >= 0.3 is 0 Å². The van der Waals surface area contributed by atoms with E-state index in [0.717, 1.165) is 88.8 Å². The minimum atomic E-state index is -0.763. The summed E-state index contributed by atoms with van der Waals surface area (Å²) in [6, 6.07) is 106. The summed E-state index contributed by atoms with van der Waals surface area (Å²) < 4.78 is 14.0. The molecule has 0 radical (unpaired) electrons. The van der Waals surface area contributed by atoms with Crippen LogP contribution >= 0.6 is 0 Å². The van der Waals surface area contributed by atoms with E-state index in [4.69, 9.17) is 8.83 Å². The van der Waals surface area contributed by atoms with Crippen molar-refractivity contribution in [3.8, 4) is 11.1 Å². The van der Waals surface area contributed by atoms with Gasteiger partial charge in [0, 0.05) is 44.0 Å². The Bertz CT molecular complexity index is 5140. The van der Waals surface area contributed by atoms with Gasteiger partial charge in [-0.25, -0.2) is 0 Å². The molecule has 17 rings (SSSR count). The zero-order valence-corrected chi connectivity index (χ0v) is 43.9. The minimum absolute atomic E-state index is 0.763. The van der Waals surface area contributed by atoms with Crippen molar-refractivity contribution in [2.75, 3.05) is 9.80 Å². The number of hydrogen-bond acceptors (Lipinski definition) is 4. The molecule has 2 aromatic heterocycles. The fourth-order valence-corrected chi connectivity index (χ4v) is 13.9. The first-order valence-electron chi connectivity index (χ1n) is 27.8. The molecule has 0 fully saturated rings. The van der Waals surface area contributed by atoms with Gasteiger partial charge in [-0.15, -0.1) is 0 Å². The average molecular weight is 1030 g/mol. The van der Waals surface area contributed by atoms with Crippen molar-refractivity contribution >= 4 is 121 Å². The van der Waals surface area contributed by atoms with E-state index in [-0.39, 0.29) is 0 Å². The predicted octanol–water partition coefficient (Wildman–Crippen LogP) is 21.4. The summed E-state index contributed by atoms with van der Waals surface area (Å²) in [7, 11) is 0. The van der Waals surface area contributed by atoms with E-state index in [0.29, 0.717) is 0 Å². The van der Waals surface area contributed by atoms with E-state index in [1.54, 1.807) is 0 Å². The van der Waals surface area contributed by atoms with E-state index >= 15 is 0 Å². The Morgan fingerprint density at radius 1 is 0.284 bits per heavy atom. The van der Waals surface area contributed by atoms with Gasteiger partial charge in [0.15, 0.2) is 11.2 Å². The Hall–Kier alpha value is -10.7. The van der Waals surface area contributed by atoms with Gasteiger partial charge in [0.05, 0.1) is 22.5 Å². The molecule has 0 bridgehead atoms. The molecule has 1 aliphatic rings. The summed E-state index contributed by atoms with van der Waals surface area (Å²) in [4.78, 5) is 4.80. The number of anilines is 6. The van der Waals surface area contributed by atoms with Crippen molar-refractivity contribution in [2.45, 2.75) is 5.41 Å². The highest BCUT2D eigenvalue weighted by molar-refractivity contribution is 6.23. The monoisotopic (exact) mass is 1030 g/mol. The third-order valence-electron chi connectivity index (χ3n) is 17.2. The van der Waals surface area contributed by atoms with Crippen LogP contribution in [-0.4, -0.2) is 0 Å². The number of benzene rings is 14. The van der Waals surface area contributed by atoms with Crippen LogP contribution in [0.15, 0.2) is 300 Å². The van der Waals surface area contributed by atoms with E-state index in [1.807, 2.05) is 0 Å². The highest BCUT2D eigenvalue weighted by Crippen LogP contribution is 2.62. The maximum Gasteiger partial charge on any atom is 0.159 e. The Morgan fingerprint density at radius 3 is 1.33 bits per heavy atom. The lowest BCUT2D eigenvalue weighted by atomic mass is 9.66. The van der Waals surface area contributed by atoms with Crippen LogP contribution in [0.2, 0.25) is 0 Å². The number of rotatable bonds is 8. The maximum atomic E-state index is 7.08. The molecular weight excluding hydrogens is 985 g/mol. The van der Waals surface area contributed by atoms with Gasteiger partial charge in [0.25, 0.3) is 0 Å². The SMILES string of the molecule is c1ccc(N(c2ccc3c4c(ccc3c2)-c2c(cc(N(c3ccccc3)c3cccc5c3oc3ccc6ccccc6c35)c3ccccc23)C4(c2ccccc2)c2ccccc2)c2cccc3c2oc2ccc4ccccc4c23)cc1. The maximum absolute atomic E-state index is 7.08. The summed E-state index contributed by atoms with van der Waals surface area (Å²) >= 11 is 0. The molecule has 378 valence electrons. The summed E-state index contributed by atoms with van der Waals surface area (Å²) in [5, 5.41) is 13.8. The van der Waals surface area contributed by atoms with Crippen molar-refractivity contribution in [2.24, 2.45) is 0 Å². The van der Waals surface area contributed by atoms with Crippen LogP contribution in [-0.2, 0) is 5.41 Å². The van der Waals surface area contributed by atoms with E-state index in [2.05, 4.69) is 301 Å². The highest BCUT2D eigenvalue weighted by atomic mass is 16.3. The average Bonchev–Trinajstić information content (AvgIpc) is 4.24. The number of hydrogen-bond donors (Lipinski definition) is 0. The third-order valence-corrected chi connectivity index (χ3v) is 17.2. The Labute approximate surface area is 467 Å². The summed E-state index contributed by atoms with van der Waals surface area (Å²) in [6.45, 7) is 0. The zero-order chi connectivity index (χ0) is 53.2. The van der Waals surface area contributed by atoms with Crippen molar-refractivity contribution in [1.29, 1.82) is 0 Å². The molecule has 1 aliphatic carbocycles. The number of para-hydroxylation sites is 4. The largest absolute Gasteiger partial charge is 0.454 e. The fourth-order valence-electron chi connectivity index (χ4n) is 13.9. The first-order chi connectivity index (χ1) is 40.2. The van der Waals surface area contributed by atoms with Gasteiger partial charge in [0.1, 0.15) is 11.2 Å². The van der Waals surface area contributed by atoms with Crippen LogP contribution in [0.1, 0.15) is 22.3 Å². The van der Waals surface area contributed by atoms with Crippen molar-refractivity contribution < 1.29 is 8.83 Å². The molecule has 4 heteroatoms. The van der Waals surface area contributed by atoms with Crippen molar-refractivity contribution in [3.05, 3.63) is 313 Å². The number of fused-ring (bicyclic) bond motifs is 17. The van der Waals surface area contributed by atoms with E-state index < -0.39 is 5.41 Å². The molecule has 0 spiro atoms. The van der Waals surface area contributed by atoms with Crippen LogP contribution in [0.5, 0.6) is 0 Å². The molecule has 0 atom stereocenters. The molecule has 0 amide bonds. The second-order valence-electron chi connectivity index (χ2n) is 21.4. The Balaban J connectivity index is 0.936. The molecule has 14 aromatic carbocycles. The standard InChI is InChI=1S/C77H48N2O2/c1-5-23-52(24-6-1)77(53-25-7-2-8-26-53)65-48-68(79(55-29-11-4-12-30-55)67-38-20-36-64-73-58-32-16-14-22-50(58)41-46-70(73)81-76(64)67)60-33-17-18-34-61(60)71(65)62-43-39-51-47-56(42-44-59(51)74(62)77)78(54-27-9-3-10-28-54)66-37-19-35-63-72-57-31-15-13-21-49(57)40-45-69(72)80-75(63)66/h1-48H. The zero-order valence-electron chi connectivity index (χ0n) is 43.9. The number of nitrogens with zero attached hydrogens (tertiary/aromatic N) is 2. The second kappa shape index (κ2) is 17.7. The molecule has 16 aromatic rings. The van der Waals surface area contributed by atoms with Crippen LogP contribution in [0, 0.1) is 0 Å². The molecule has 4 nitrogen and oxygen atoms in total. The lowest BCUT2D eigenvalue weighted by molar-refractivity contribution is 0.669. The second-order valence-corrected chi connectivity index (χ2v) is 21.4. The molecule has 0 aliphatic heterocycles. The van der Waals surface area contributed by atoms with Crippen molar-refractivity contribution in [1.82, 2.24) is 0 Å². The lowest BCUT2D eigenvalue weighted by Crippen LogP contribution is -2.29. The van der Waals surface area contributed by atoms with E-state index in [1.165, 1.54) is 65.7 Å². The Kier molecular flexibility index (Phi) is 9.89. The highest BCUT2D eigenvalue weighted by Gasteiger charge is 2.48. The third kappa shape index (κ3) is 6.59. The fraction of sp³-hybridized carbons (Fsp3) is 0.0130. The number of furan rings is 2. The van der Waals surface area contributed by atoms with Crippen LogP contribution in [0.4, 0.5) is 34.1 Å². The lowest BCUT2D eigenvalue weighted by Gasteiger charge is -2.36. The predicted molar refractivity (Wildman–Crippen MR) is 338 cm³/mol. The smallest absolute Gasteiger partial charge is 0.159 e. The molecule has 0 unspecified atom stereocenters. The normalized spacial score (nSPS) is 12.8. The molecule has 0 saturated carbocycles. The molecule has 0 saturated heterocycles. The Morgan fingerprint density at radius 2 is 0.753 bits per heavy atom. The molecule has 0 N–H and O–H groups in total. The van der Waals surface area contributed by atoms with Gasteiger partial charge in [-0.3, -0.25) is 0 Å². The molecular formula is C77H48N2O2. The topological polar surface area (TPSA) is 32.8 Å². The first-order valence-corrected chi connectivity index (χ1v) is 27.8. The van der Waals surface area contributed by atoms with Gasteiger partial charge in [-0.1, -0.05) is 224 Å². The van der Waals surface area contributed by atoms with Crippen LogP contribution < -0.4 is 9.80 Å². The minimum Gasteiger partial charge on any atom is -0.454 e. The van der Waals surface area contributed by atoms with Gasteiger partial charge < -0.3 is 18.6 Å². The summed E-state index contributed by atoms with van der Waals surface area (Å²) in [5.74, 6) is 0. The van der Waals surface area contributed by atoms with Crippen LogP contribution in [0.3, 0.4) is 0 Å². The van der Waals surface area contributed by atoms with E-state index in [9.17, 15) is 0 Å². The molecule has 81 heavy (non-hydrogen) atoms. The first kappa shape index (κ1) is 45.3. The summed E-state index contributed by atoms with van der Waals surface area (Å²) in [6.07, 6.45) is 0. The van der Waals surface area contributed by atoms with Gasteiger partial charge in [-0.2, -0.15) is 0 Å². The molecule has 2 heterocycles. The van der Waals surface area contributed by atoms with Crippen LogP contribution in [0.25, 0.3) is 98.1 Å². The summed E-state index contributed by atoms with van der Waals surface area (Å²) in [5.41, 5.74) is 16.1. The van der Waals surface area contributed by atoms with Crippen molar-refractivity contribution in [3.63, 3.8) is 0 Å². The van der Waals surface area contributed by atoms with Gasteiger partial charge in [0.2, 0.25) is 0 Å². The quantitative estimate of drug-likeness (QED) is 0.152.